The minimum absolute atomic E-state index is 0.245. The first-order valence-electron chi connectivity index (χ1n) is 8.91. The molecule has 6 heteroatoms. The highest BCUT2D eigenvalue weighted by Gasteiger charge is 2.15. The van der Waals surface area contributed by atoms with Gasteiger partial charge in [0, 0.05) is 24.4 Å². The third-order valence-electron chi connectivity index (χ3n) is 4.58. The van der Waals surface area contributed by atoms with Gasteiger partial charge in [-0.2, -0.15) is 10.2 Å². The molecule has 0 aliphatic rings. The molecule has 3 aromatic rings. The van der Waals surface area contributed by atoms with Gasteiger partial charge in [0.15, 0.2) is 5.89 Å². The van der Waals surface area contributed by atoms with Crippen molar-refractivity contribution in [2.24, 2.45) is 0 Å². The van der Waals surface area contributed by atoms with Crippen molar-refractivity contribution in [2.75, 3.05) is 0 Å². The van der Waals surface area contributed by atoms with Crippen molar-refractivity contribution < 1.29 is 4.42 Å². The van der Waals surface area contributed by atoms with Crippen LogP contribution in [0.4, 0.5) is 0 Å². The van der Waals surface area contributed by atoms with Crippen molar-refractivity contribution in [3.8, 4) is 0 Å². The Balaban J connectivity index is 1.65. The maximum Gasteiger partial charge on any atom is 0.197 e. The van der Waals surface area contributed by atoms with Crippen LogP contribution < -0.4 is 0 Å². The molecular formula is C19H27N5O. The molecule has 0 aliphatic carbocycles. The lowest BCUT2D eigenvalue weighted by Gasteiger charge is -2.11. The van der Waals surface area contributed by atoms with Crippen molar-refractivity contribution in [1.29, 1.82) is 0 Å². The lowest BCUT2D eigenvalue weighted by Crippen LogP contribution is -2.09. The number of hydrogen-bond donors (Lipinski definition) is 0. The summed E-state index contributed by atoms with van der Waals surface area (Å²) in [5, 5.41) is 9.16. The van der Waals surface area contributed by atoms with Crippen LogP contribution >= 0.6 is 0 Å². The number of oxazole rings is 1. The predicted molar refractivity (Wildman–Crippen MR) is 96.6 cm³/mol. The van der Waals surface area contributed by atoms with Crippen molar-refractivity contribution in [1.82, 2.24) is 24.5 Å². The highest BCUT2D eigenvalue weighted by molar-refractivity contribution is 5.17. The van der Waals surface area contributed by atoms with Crippen LogP contribution in [0.15, 0.2) is 35.5 Å². The summed E-state index contributed by atoms with van der Waals surface area (Å²) < 4.78 is 9.47. The monoisotopic (exact) mass is 341 g/mol. The van der Waals surface area contributed by atoms with Crippen LogP contribution in [0.1, 0.15) is 68.4 Å². The van der Waals surface area contributed by atoms with Gasteiger partial charge in [-0.3, -0.25) is 9.36 Å². The van der Waals surface area contributed by atoms with E-state index in [4.69, 9.17) is 4.42 Å². The second kappa shape index (κ2) is 7.25. The van der Waals surface area contributed by atoms with E-state index in [1.54, 1.807) is 12.5 Å². The van der Waals surface area contributed by atoms with Gasteiger partial charge in [-0.25, -0.2) is 4.98 Å². The molecule has 0 N–H and O–H groups in total. The van der Waals surface area contributed by atoms with Gasteiger partial charge in [0.25, 0.3) is 0 Å². The van der Waals surface area contributed by atoms with E-state index >= 15 is 0 Å². The lowest BCUT2D eigenvalue weighted by atomic mass is 10.0. The van der Waals surface area contributed by atoms with Gasteiger partial charge in [-0.1, -0.05) is 6.92 Å². The SMILES string of the molecule is Cc1nn(C(C)C)cc1CC(C)n1cc(CC(C)c2ncco2)cn1. The molecule has 0 spiro atoms. The minimum Gasteiger partial charge on any atom is -0.449 e. The third kappa shape index (κ3) is 4.00. The number of nitrogens with zero attached hydrogens (tertiary/aromatic N) is 5. The summed E-state index contributed by atoms with van der Waals surface area (Å²) >= 11 is 0. The molecule has 0 radical (unpaired) electrons. The van der Waals surface area contributed by atoms with Gasteiger partial charge in [0.1, 0.15) is 6.26 Å². The molecular weight excluding hydrogens is 314 g/mol. The highest BCUT2D eigenvalue weighted by atomic mass is 16.3. The second-order valence-corrected chi connectivity index (χ2v) is 7.17. The van der Waals surface area contributed by atoms with Crippen molar-refractivity contribution in [3.63, 3.8) is 0 Å². The fraction of sp³-hybridized carbons (Fsp3) is 0.526. The van der Waals surface area contributed by atoms with Crippen molar-refractivity contribution in [3.05, 3.63) is 53.8 Å². The average Bonchev–Trinajstić information content (AvgIpc) is 3.28. The Bertz CT molecular complexity index is 800. The van der Waals surface area contributed by atoms with Gasteiger partial charge >= 0.3 is 0 Å². The number of aromatic nitrogens is 5. The maximum absolute atomic E-state index is 5.39. The molecule has 6 nitrogen and oxygen atoms in total. The zero-order valence-electron chi connectivity index (χ0n) is 15.7. The largest absolute Gasteiger partial charge is 0.449 e. The second-order valence-electron chi connectivity index (χ2n) is 7.17. The minimum atomic E-state index is 0.245. The molecule has 0 aliphatic heterocycles. The first-order valence-corrected chi connectivity index (χ1v) is 8.91. The quantitative estimate of drug-likeness (QED) is 0.649. The molecule has 3 rings (SSSR count). The number of aryl methyl sites for hydroxylation is 1. The molecule has 0 aromatic carbocycles. The Kier molecular flexibility index (Phi) is 5.06. The van der Waals surface area contributed by atoms with Crippen LogP contribution in [0, 0.1) is 6.92 Å². The standard InChI is InChI=1S/C19H27N5O/c1-13(2)23-12-18(16(5)22-23)9-15(4)24-11-17(10-21-24)8-14(3)19-20-6-7-25-19/h6-7,10-15H,8-9H2,1-5H3. The summed E-state index contributed by atoms with van der Waals surface area (Å²) in [6.45, 7) is 10.7. The van der Waals surface area contributed by atoms with E-state index in [-0.39, 0.29) is 12.0 Å². The van der Waals surface area contributed by atoms with E-state index in [2.05, 4.69) is 62.2 Å². The van der Waals surface area contributed by atoms with Crippen LogP contribution in [-0.2, 0) is 12.8 Å². The van der Waals surface area contributed by atoms with Gasteiger partial charge in [-0.05, 0) is 51.7 Å². The molecule has 2 atom stereocenters. The molecule has 0 bridgehead atoms. The summed E-state index contributed by atoms with van der Waals surface area (Å²) in [6, 6.07) is 0.671. The third-order valence-corrected chi connectivity index (χ3v) is 4.58. The predicted octanol–water partition coefficient (Wildman–Crippen LogP) is 4.11. The van der Waals surface area contributed by atoms with Gasteiger partial charge in [-0.15, -0.1) is 0 Å². The fourth-order valence-electron chi connectivity index (χ4n) is 3.04. The molecule has 134 valence electrons. The van der Waals surface area contributed by atoms with Gasteiger partial charge < -0.3 is 4.42 Å². The van der Waals surface area contributed by atoms with E-state index < -0.39 is 0 Å². The fourth-order valence-corrected chi connectivity index (χ4v) is 3.04. The number of hydrogen-bond acceptors (Lipinski definition) is 4. The smallest absolute Gasteiger partial charge is 0.197 e. The van der Waals surface area contributed by atoms with Crippen molar-refractivity contribution >= 4 is 0 Å². The van der Waals surface area contributed by atoms with E-state index in [0.717, 1.165) is 24.4 Å². The van der Waals surface area contributed by atoms with E-state index in [1.165, 1.54) is 11.1 Å². The number of rotatable bonds is 7. The Morgan fingerprint density at radius 1 is 1.08 bits per heavy atom. The summed E-state index contributed by atoms with van der Waals surface area (Å²) in [5.74, 6) is 1.02. The summed E-state index contributed by atoms with van der Waals surface area (Å²) in [4.78, 5) is 4.23. The maximum atomic E-state index is 5.39. The molecule has 2 unspecified atom stereocenters. The van der Waals surface area contributed by atoms with Crippen LogP contribution in [-0.4, -0.2) is 24.5 Å². The van der Waals surface area contributed by atoms with Gasteiger partial charge in [0.05, 0.1) is 24.1 Å². The summed E-state index contributed by atoms with van der Waals surface area (Å²) in [7, 11) is 0. The molecule has 0 saturated heterocycles. The van der Waals surface area contributed by atoms with Crippen LogP contribution in [0.3, 0.4) is 0 Å². The Hall–Kier alpha value is -2.37. The highest BCUT2D eigenvalue weighted by Crippen LogP contribution is 2.21. The summed E-state index contributed by atoms with van der Waals surface area (Å²) in [5.41, 5.74) is 3.59. The van der Waals surface area contributed by atoms with Gasteiger partial charge in [0.2, 0.25) is 0 Å². The van der Waals surface area contributed by atoms with E-state index in [1.807, 2.05) is 15.6 Å². The first-order chi connectivity index (χ1) is 11.9. The first kappa shape index (κ1) is 17.5. The topological polar surface area (TPSA) is 61.7 Å². The Morgan fingerprint density at radius 2 is 1.88 bits per heavy atom. The zero-order chi connectivity index (χ0) is 18.0. The normalized spacial score (nSPS) is 14.2. The Morgan fingerprint density at radius 3 is 2.52 bits per heavy atom. The molecule has 3 aromatic heterocycles. The van der Waals surface area contributed by atoms with E-state index in [0.29, 0.717) is 6.04 Å². The van der Waals surface area contributed by atoms with Crippen molar-refractivity contribution in [2.45, 2.75) is 65.5 Å². The zero-order valence-corrected chi connectivity index (χ0v) is 15.7. The molecule has 0 amide bonds. The van der Waals surface area contributed by atoms with E-state index in [9.17, 15) is 0 Å². The summed E-state index contributed by atoms with van der Waals surface area (Å²) in [6.07, 6.45) is 11.3. The van der Waals surface area contributed by atoms with Crippen LogP contribution in [0.25, 0.3) is 0 Å². The Labute approximate surface area is 148 Å². The van der Waals surface area contributed by atoms with Crippen LogP contribution in [0.5, 0.6) is 0 Å². The molecule has 25 heavy (non-hydrogen) atoms. The van der Waals surface area contributed by atoms with Crippen LogP contribution in [0.2, 0.25) is 0 Å². The molecule has 3 heterocycles. The molecule has 0 saturated carbocycles. The lowest BCUT2D eigenvalue weighted by molar-refractivity contribution is 0.456. The molecule has 0 fully saturated rings. The average molecular weight is 341 g/mol.